The van der Waals surface area contributed by atoms with E-state index in [4.69, 9.17) is 4.74 Å². The number of pyridine rings is 1. The summed E-state index contributed by atoms with van der Waals surface area (Å²) in [6.45, 7) is 3.75. The van der Waals surface area contributed by atoms with Crippen LogP contribution in [0, 0.1) is 12.7 Å². The summed E-state index contributed by atoms with van der Waals surface area (Å²) in [5.41, 5.74) is 1.79. The van der Waals surface area contributed by atoms with E-state index < -0.39 is 17.9 Å². The minimum atomic E-state index is -0.578. The molecule has 1 aliphatic heterocycles. The van der Waals surface area contributed by atoms with E-state index in [2.05, 4.69) is 15.6 Å². The van der Waals surface area contributed by atoms with E-state index in [1.165, 1.54) is 42.3 Å². The number of anilines is 3. The Morgan fingerprint density at radius 2 is 1.79 bits per heavy atom. The van der Waals surface area contributed by atoms with E-state index >= 15 is 0 Å². The van der Waals surface area contributed by atoms with Crippen LogP contribution in [-0.4, -0.2) is 40.9 Å². The number of benzene rings is 2. The lowest BCUT2D eigenvalue weighted by atomic mass is 10.2. The highest BCUT2D eigenvalue weighted by molar-refractivity contribution is 6.08. The summed E-state index contributed by atoms with van der Waals surface area (Å²) in [6, 6.07) is 12.9. The van der Waals surface area contributed by atoms with Crippen LogP contribution in [0.4, 0.5) is 31.2 Å². The lowest BCUT2D eigenvalue weighted by Gasteiger charge is -2.18. The van der Waals surface area contributed by atoms with Gasteiger partial charge < -0.3 is 15.4 Å². The summed E-state index contributed by atoms with van der Waals surface area (Å²) in [5.74, 6) is 0.722. The van der Waals surface area contributed by atoms with Crippen LogP contribution in [-0.2, 0) is 4.79 Å². The van der Waals surface area contributed by atoms with Gasteiger partial charge in [0, 0.05) is 30.9 Å². The summed E-state index contributed by atoms with van der Waals surface area (Å²) >= 11 is 0. The van der Waals surface area contributed by atoms with E-state index in [1.54, 1.807) is 30.3 Å². The number of aromatic nitrogens is 1. The number of halogens is 1. The second-order valence-electron chi connectivity index (χ2n) is 7.64. The summed E-state index contributed by atoms with van der Waals surface area (Å²) < 4.78 is 19.0. The average molecular weight is 463 g/mol. The number of urea groups is 2. The number of hydrogen-bond acceptors (Lipinski definition) is 5. The number of amides is 5. The molecule has 1 saturated heterocycles. The monoisotopic (exact) mass is 463 g/mol. The molecule has 3 aromatic rings. The molecule has 2 aromatic carbocycles. The van der Waals surface area contributed by atoms with Crippen LogP contribution in [0.25, 0.3) is 0 Å². The fourth-order valence-electron chi connectivity index (χ4n) is 3.39. The molecule has 1 aromatic heterocycles. The molecule has 34 heavy (non-hydrogen) atoms. The van der Waals surface area contributed by atoms with Crippen molar-refractivity contribution in [1.82, 2.24) is 9.88 Å². The van der Waals surface area contributed by atoms with Crippen molar-refractivity contribution >= 4 is 35.2 Å². The molecule has 0 saturated carbocycles. The molecule has 0 bridgehead atoms. The Morgan fingerprint density at radius 1 is 1.03 bits per heavy atom. The maximum absolute atomic E-state index is 13.2. The van der Waals surface area contributed by atoms with E-state index in [0.717, 1.165) is 10.5 Å². The van der Waals surface area contributed by atoms with Crippen LogP contribution in [0.1, 0.15) is 12.5 Å². The van der Waals surface area contributed by atoms with Gasteiger partial charge >= 0.3 is 12.1 Å². The molecule has 0 spiro atoms. The molecule has 1 fully saturated rings. The van der Waals surface area contributed by atoms with E-state index in [1.807, 2.05) is 6.92 Å². The first-order valence-corrected chi connectivity index (χ1v) is 10.5. The van der Waals surface area contributed by atoms with Crippen molar-refractivity contribution in [3.63, 3.8) is 0 Å². The molecule has 1 aliphatic rings. The smallest absolute Gasteiger partial charge is 0.332 e. The van der Waals surface area contributed by atoms with Gasteiger partial charge in [-0.3, -0.25) is 9.69 Å². The Bertz CT molecular complexity index is 1230. The van der Waals surface area contributed by atoms with Crippen LogP contribution in [0.3, 0.4) is 0 Å². The second kappa shape index (κ2) is 9.57. The van der Waals surface area contributed by atoms with Crippen LogP contribution >= 0.6 is 0 Å². The number of ether oxygens (including phenoxy) is 1. The molecule has 174 valence electrons. The van der Waals surface area contributed by atoms with Crippen molar-refractivity contribution < 1.29 is 23.5 Å². The van der Waals surface area contributed by atoms with E-state index in [0.29, 0.717) is 35.2 Å². The van der Waals surface area contributed by atoms with Gasteiger partial charge in [-0.1, -0.05) is 6.07 Å². The second-order valence-corrected chi connectivity index (χ2v) is 7.64. The Morgan fingerprint density at radius 3 is 2.47 bits per heavy atom. The van der Waals surface area contributed by atoms with Crippen LogP contribution in [0.15, 0.2) is 60.8 Å². The number of hydrogen-bond donors (Lipinski definition) is 2. The number of carbonyl (C=O) groups is 3. The maximum Gasteiger partial charge on any atom is 0.332 e. The Hall–Kier alpha value is -4.47. The third kappa shape index (κ3) is 5.12. The van der Waals surface area contributed by atoms with E-state index in [-0.39, 0.29) is 12.5 Å². The largest absolute Gasteiger partial charge is 0.455 e. The van der Waals surface area contributed by atoms with Crippen molar-refractivity contribution in [2.24, 2.45) is 0 Å². The number of nitrogens with zero attached hydrogens (tertiary/aromatic N) is 3. The van der Waals surface area contributed by atoms with Crippen LogP contribution in [0.5, 0.6) is 11.5 Å². The van der Waals surface area contributed by atoms with Gasteiger partial charge in [0.1, 0.15) is 23.1 Å². The van der Waals surface area contributed by atoms with Crippen LogP contribution in [0.2, 0.25) is 0 Å². The summed E-state index contributed by atoms with van der Waals surface area (Å²) in [7, 11) is 0. The first-order valence-electron chi connectivity index (χ1n) is 10.5. The van der Waals surface area contributed by atoms with Crippen molar-refractivity contribution in [3.8, 4) is 11.5 Å². The molecule has 2 heterocycles. The molecule has 0 aliphatic carbocycles. The predicted molar refractivity (Wildman–Crippen MR) is 125 cm³/mol. The van der Waals surface area contributed by atoms with Crippen LogP contribution < -0.4 is 20.3 Å². The molecule has 0 atom stereocenters. The highest BCUT2D eigenvalue weighted by atomic mass is 19.1. The van der Waals surface area contributed by atoms with Gasteiger partial charge in [-0.15, -0.1) is 0 Å². The zero-order chi connectivity index (χ0) is 24.2. The fraction of sp³-hybridized carbons (Fsp3) is 0.167. The Balaban J connectivity index is 1.42. The maximum atomic E-state index is 13.2. The quantitative estimate of drug-likeness (QED) is 0.568. The Labute approximate surface area is 195 Å². The molecule has 4 rings (SSSR count). The lowest BCUT2D eigenvalue weighted by molar-refractivity contribution is -0.114. The minimum Gasteiger partial charge on any atom is -0.455 e. The number of imide groups is 1. The van der Waals surface area contributed by atoms with Gasteiger partial charge in [-0.2, -0.15) is 0 Å². The molecule has 10 heteroatoms. The van der Waals surface area contributed by atoms with Gasteiger partial charge in [0.25, 0.3) is 0 Å². The summed E-state index contributed by atoms with van der Waals surface area (Å²) in [4.78, 5) is 43.2. The normalized spacial score (nSPS) is 13.1. The van der Waals surface area contributed by atoms with Gasteiger partial charge in [-0.05, 0) is 55.0 Å². The molecule has 0 radical (unpaired) electrons. The van der Waals surface area contributed by atoms with Crippen molar-refractivity contribution in [3.05, 3.63) is 72.2 Å². The number of carbonyl (C=O) groups excluding carboxylic acids is 3. The van der Waals surface area contributed by atoms with Gasteiger partial charge in [0.05, 0.1) is 12.7 Å². The first-order chi connectivity index (χ1) is 16.3. The number of nitrogens with one attached hydrogen (secondary N) is 2. The average Bonchev–Trinajstić information content (AvgIpc) is 3.19. The third-order valence-electron chi connectivity index (χ3n) is 5.10. The molecule has 0 unspecified atom stereocenters. The number of aryl methyl sites for hydroxylation is 1. The number of rotatable bonds is 5. The zero-order valence-corrected chi connectivity index (χ0v) is 18.5. The van der Waals surface area contributed by atoms with Gasteiger partial charge in [-0.25, -0.2) is 23.9 Å². The highest BCUT2D eigenvalue weighted by Crippen LogP contribution is 2.29. The molecule has 5 amide bonds. The SMILES string of the molecule is CC(=O)Nc1ccc(Oc2cc(NC(=O)N3CCN(c4ccc(F)cc4)C3=O)ccc2C)cn1. The topological polar surface area (TPSA) is 104 Å². The molecular weight excluding hydrogens is 441 g/mol. The first kappa shape index (κ1) is 22.7. The van der Waals surface area contributed by atoms with Crippen molar-refractivity contribution in [2.75, 3.05) is 28.6 Å². The highest BCUT2D eigenvalue weighted by Gasteiger charge is 2.34. The molecular formula is C24H22FN5O4. The lowest BCUT2D eigenvalue weighted by Crippen LogP contribution is -2.39. The van der Waals surface area contributed by atoms with Gasteiger partial charge in [0.15, 0.2) is 0 Å². The third-order valence-corrected chi connectivity index (χ3v) is 5.10. The predicted octanol–water partition coefficient (Wildman–Crippen LogP) is 4.75. The van der Waals surface area contributed by atoms with E-state index in [9.17, 15) is 18.8 Å². The van der Waals surface area contributed by atoms with Gasteiger partial charge in [0.2, 0.25) is 5.91 Å². The van der Waals surface area contributed by atoms with Crippen molar-refractivity contribution in [1.29, 1.82) is 0 Å². The molecule has 2 N–H and O–H groups in total. The standard InChI is InChI=1S/C24H22FN5O4/c1-15-3-6-18(13-21(15)34-20-9-10-22(26-14-20)27-16(2)31)28-23(32)30-12-11-29(24(30)33)19-7-4-17(25)5-8-19/h3-10,13-14H,11-12H2,1-2H3,(H,28,32)(H,26,27,31). The minimum absolute atomic E-state index is 0.198. The zero-order valence-electron chi connectivity index (χ0n) is 18.5. The summed E-state index contributed by atoms with van der Waals surface area (Å²) in [5, 5.41) is 5.29. The fourth-order valence-corrected chi connectivity index (χ4v) is 3.39. The summed E-state index contributed by atoms with van der Waals surface area (Å²) in [6.07, 6.45) is 1.48. The Kier molecular flexibility index (Phi) is 6.39. The molecule has 9 nitrogen and oxygen atoms in total. The van der Waals surface area contributed by atoms with Crippen molar-refractivity contribution in [2.45, 2.75) is 13.8 Å².